The number of ether oxygens (including phenoxy) is 3. The Balaban J connectivity index is 1.85. The normalized spacial score (nSPS) is 22.9. The van der Waals surface area contributed by atoms with Crippen molar-refractivity contribution in [3.05, 3.63) is 45.0 Å². The monoisotopic (exact) mass is 599 g/mol. The van der Waals surface area contributed by atoms with E-state index in [1.165, 1.54) is 0 Å². The van der Waals surface area contributed by atoms with Crippen molar-refractivity contribution in [2.24, 2.45) is 0 Å². The van der Waals surface area contributed by atoms with Crippen LogP contribution in [0.4, 0.5) is 0 Å². The van der Waals surface area contributed by atoms with Crippen molar-refractivity contribution in [2.45, 2.75) is 95.7 Å². The van der Waals surface area contributed by atoms with Gasteiger partial charge in [0, 0.05) is 35.0 Å². The van der Waals surface area contributed by atoms with Crippen molar-refractivity contribution < 1.29 is 28.9 Å². The van der Waals surface area contributed by atoms with Gasteiger partial charge in [-0.1, -0.05) is 51.7 Å². The number of hydrogen-bond acceptors (Lipinski definition) is 6. The zero-order valence-corrected chi connectivity index (χ0v) is 22.9. The highest BCUT2D eigenvalue weighted by Crippen LogP contribution is 2.43. The smallest absolute Gasteiger partial charge is 0.339 e. The minimum absolute atomic E-state index is 0.145. The topological polar surface area (TPSA) is 94.1 Å². The number of fused-ring (bicyclic) bond motifs is 1. The van der Waals surface area contributed by atoms with Gasteiger partial charge in [-0.2, -0.15) is 0 Å². The number of aliphatic hydroxyl groups excluding tert-OH is 1. The van der Waals surface area contributed by atoms with E-state index in [2.05, 4.69) is 41.8 Å². The third-order valence-electron chi connectivity index (χ3n) is 6.54. The molecule has 0 aromatic heterocycles. The van der Waals surface area contributed by atoms with E-state index in [-0.39, 0.29) is 25.5 Å². The zero-order chi connectivity index (χ0) is 25.3. The van der Waals surface area contributed by atoms with Gasteiger partial charge in [0.2, 0.25) is 5.91 Å². The molecule has 0 bridgehead atoms. The number of nitrogens with one attached hydrogen (secondary N) is 1. The van der Waals surface area contributed by atoms with Crippen LogP contribution >= 0.6 is 22.6 Å². The van der Waals surface area contributed by atoms with E-state index in [1.54, 1.807) is 12.1 Å². The SMILES string of the molecule is CCCCCC1(CCCCC)O[C@@H]2[C@@H](C=C(C(=O)NCCO)C[C@H]2OC(=O)c2ccccc2I)O1. The van der Waals surface area contributed by atoms with Gasteiger partial charge in [-0.25, -0.2) is 4.79 Å². The standard InChI is InChI=1S/C27H38INO6/c1-3-5-9-13-27(14-10-6-4-2)34-23-18-19(25(31)29-15-16-30)17-22(24(23)35-27)33-26(32)20-11-7-8-12-21(20)28/h7-8,11-12,18,22-24,30H,3-6,9-10,13-17H2,1-2H3,(H,29,31)/t22-,23-,24+/m1/s1. The number of halogens is 1. The lowest BCUT2D eigenvalue weighted by atomic mass is 9.91. The molecule has 3 rings (SSSR count). The lowest BCUT2D eigenvalue weighted by molar-refractivity contribution is -0.190. The van der Waals surface area contributed by atoms with Crippen LogP contribution in [0.1, 0.15) is 82.0 Å². The summed E-state index contributed by atoms with van der Waals surface area (Å²) >= 11 is 2.12. The lowest BCUT2D eigenvalue weighted by Gasteiger charge is -2.31. The van der Waals surface area contributed by atoms with Gasteiger partial charge in [-0.15, -0.1) is 0 Å². The minimum atomic E-state index is -0.737. The Morgan fingerprint density at radius 3 is 2.43 bits per heavy atom. The van der Waals surface area contributed by atoms with Crippen LogP contribution in [-0.2, 0) is 19.0 Å². The first-order valence-electron chi connectivity index (χ1n) is 12.8. The number of aliphatic hydroxyl groups is 1. The van der Waals surface area contributed by atoms with Gasteiger partial charge in [0.1, 0.15) is 18.3 Å². The molecule has 0 radical (unpaired) electrons. The number of amides is 1. The summed E-state index contributed by atoms with van der Waals surface area (Å²) < 4.78 is 20.0. The molecule has 0 saturated carbocycles. The van der Waals surface area contributed by atoms with Crippen molar-refractivity contribution in [3.8, 4) is 0 Å². The van der Waals surface area contributed by atoms with Crippen molar-refractivity contribution in [3.63, 3.8) is 0 Å². The fourth-order valence-electron chi connectivity index (χ4n) is 4.71. The summed E-state index contributed by atoms with van der Waals surface area (Å²) in [4.78, 5) is 25.8. The fraction of sp³-hybridized carbons (Fsp3) is 0.630. The van der Waals surface area contributed by atoms with Crippen molar-refractivity contribution in [1.82, 2.24) is 5.32 Å². The van der Waals surface area contributed by atoms with Gasteiger partial charge in [0.15, 0.2) is 5.79 Å². The number of unbranched alkanes of at least 4 members (excludes halogenated alkanes) is 4. The van der Waals surface area contributed by atoms with E-state index < -0.39 is 30.1 Å². The molecule has 1 aromatic carbocycles. The van der Waals surface area contributed by atoms with E-state index in [9.17, 15) is 9.59 Å². The number of hydrogen-bond donors (Lipinski definition) is 2. The van der Waals surface area contributed by atoms with Gasteiger partial charge in [-0.3, -0.25) is 4.79 Å². The second kappa shape index (κ2) is 13.7. The molecule has 7 nitrogen and oxygen atoms in total. The summed E-state index contributed by atoms with van der Waals surface area (Å²) in [6.45, 7) is 4.35. The summed E-state index contributed by atoms with van der Waals surface area (Å²) in [5.41, 5.74) is 0.975. The van der Waals surface area contributed by atoms with Crippen LogP contribution in [0.3, 0.4) is 0 Å². The minimum Gasteiger partial charge on any atom is -0.455 e. The van der Waals surface area contributed by atoms with Crippen molar-refractivity contribution >= 4 is 34.5 Å². The zero-order valence-electron chi connectivity index (χ0n) is 20.8. The molecule has 3 atom stereocenters. The summed E-state index contributed by atoms with van der Waals surface area (Å²) in [6, 6.07) is 7.27. The molecule has 1 heterocycles. The van der Waals surface area contributed by atoms with Crippen molar-refractivity contribution in [2.75, 3.05) is 13.2 Å². The van der Waals surface area contributed by atoms with Gasteiger partial charge in [0.05, 0.1) is 12.2 Å². The van der Waals surface area contributed by atoms with Gasteiger partial charge in [0.25, 0.3) is 0 Å². The molecule has 0 spiro atoms. The van der Waals surface area contributed by atoms with Gasteiger partial charge < -0.3 is 24.6 Å². The van der Waals surface area contributed by atoms with Crippen LogP contribution in [0.2, 0.25) is 0 Å². The predicted octanol–water partition coefficient (Wildman–Crippen LogP) is 4.90. The molecule has 0 unspecified atom stereocenters. The number of carbonyl (C=O) groups is 2. The Morgan fingerprint density at radius 1 is 1.11 bits per heavy atom. The molecular formula is C27H38INO6. The second-order valence-corrected chi connectivity index (χ2v) is 10.5. The number of benzene rings is 1. The molecule has 1 aliphatic heterocycles. The summed E-state index contributed by atoms with van der Waals surface area (Å²) in [6.07, 6.45) is 8.35. The molecule has 35 heavy (non-hydrogen) atoms. The molecule has 2 aliphatic rings. The van der Waals surface area contributed by atoms with Crippen molar-refractivity contribution in [1.29, 1.82) is 0 Å². The third-order valence-corrected chi connectivity index (χ3v) is 7.48. The Bertz CT molecular complexity index is 878. The first kappa shape index (κ1) is 28.1. The summed E-state index contributed by atoms with van der Waals surface area (Å²) in [5.74, 6) is -1.46. The van der Waals surface area contributed by atoms with E-state index in [0.717, 1.165) is 54.9 Å². The van der Waals surface area contributed by atoms with E-state index >= 15 is 0 Å². The fourth-order valence-corrected chi connectivity index (χ4v) is 5.32. The van der Waals surface area contributed by atoms with Crippen LogP contribution in [-0.4, -0.2) is 54.2 Å². The highest BCUT2D eigenvalue weighted by Gasteiger charge is 2.52. The highest BCUT2D eigenvalue weighted by atomic mass is 127. The van der Waals surface area contributed by atoms with Crippen LogP contribution in [0.15, 0.2) is 35.9 Å². The van der Waals surface area contributed by atoms with Gasteiger partial charge in [-0.05, 0) is 53.6 Å². The highest BCUT2D eigenvalue weighted by molar-refractivity contribution is 14.1. The number of rotatable bonds is 13. The molecule has 194 valence electrons. The van der Waals surface area contributed by atoms with Crippen LogP contribution < -0.4 is 5.32 Å². The maximum atomic E-state index is 13.1. The summed E-state index contributed by atoms with van der Waals surface area (Å²) in [5, 5.41) is 11.8. The first-order valence-corrected chi connectivity index (χ1v) is 13.9. The van der Waals surface area contributed by atoms with Crippen LogP contribution in [0, 0.1) is 3.57 Å². The Hall–Kier alpha value is -1.49. The third kappa shape index (κ3) is 7.50. The molecule has 1 aliphatic carbocycles. The average Bonchev–Trinajstić information content (AvgIpc) is 3.22. The molecular weight excluding hydrogens is 561 g/mol. The molecule has 8 heteroatoms. The van der Waals surface area contributed by atoms with Crippen LogP contribution in [0.25, 0.3) is 0 Å². The average molecular weight is 600 g/mol. The quantitative estimate of drug-likeness (QED) is 0.191. The lowest BCUT2D eigenvalue weighted by Crippen LogP contribution is -2.44. The largest absolute Gasteiger partial charge is 0.455 e. The van der Waals surface area contributed by atoms with Crippen LogP contribution in [0.5, 0.6) is 0 Å². The molecule has 1 aromatic rings. The molecule has 1 fully saturated rings. The molecule has 2 N–H and O–H groups in total. The maximum Gasteiger partial charge on any atom is 0.339 e. The second-order valence-electron chi connectivity index (χ2n) is 9.29. The Kier molecular flexibility index (Phi) is 11.0. The predicted molar refractivity (Wildman–Crippen MR) is 142 cm³/mol. The van der Waals surface area contributed by atoms with E-state index in [4.69, 9.17) is 19.3 Å². The number of carbonyl (C=O) groups excluding carboxylic acids is 2. The Labute approximate surface area is 222 Å². The molecule has 1 saturated heterocycles. The Morgan fingerprint density at radius 2 is 1.80 bits per heavy atom. The van der Waals surface area contributed by atoms with E-state index in [0.29, 0.717) is 11.1 Å². The molecule has 1 amide bonds. The van der Waals surface area contributed by atoms with E-state index in [1.807, 2.05) is 18.2 Å². The number of esters is 1. The maximum absolute atomic E-state index is 13.1. The summed E-state index contributed by atoms with van der Waals surface area (Å²) in [7, 11) is 0. The van der Waals surface area contributed by atoms with Gasteiger partial charge >= 0.3 is 5.97 Å². The first-order chi connectivity index (χ1) is 16.9.